The second kappa shape index (κ2) is 9.30. The van der Waals surface area contributed by atoms with Crippen LogP contribution in [0.4, 0.5) is 5.69 Å². The summed E-state index contributed by atoms with van der Waals surface area (Å²) in [5.74, 6) is 1.30. The van der Waals surface area contributed by atoms with Crippen molar-refractivity contribution in [2.45, 2.75) is 43.3 Å². The lowest BCUT2D eigenvalue weighted by Crippen LogP contribution is -2.40. The average Bonchev–Trinajstić information content (AvgIpc) is 2.59. The Balaban J connectivity index is 1.39. The maximum absolute atomic E-state index is 12.2. The van der Waals surface area contributed by atoms with E-state index in [0.29, 0.717) is 11.6 Å². The molecule has 1 fully saturated rings. The average molecular weight is 410 g/mol. The molecule has 0 saturated carbocycles. The van der Waals surface area contributed by atoms with Crippen LogP contribution < -0.4 is 10.6 Å². The Morgan fingerprint density at radius 2 is 2.07 bits per heavy atom. The highest BCUT2D eigenvalue weighted by Crippen LogP contribution is 2.38. The summed E-state index contributed by atoms with van der Waals surface area (Å²) in [4.78, 5) is 27.9. The zero-order valence-electron chi connectivity index (χ0n) is 16.0. The molecule has 2 N–H and O–H groups in total. The molecule has 0 bridgehead atoms. The van der Waals surface area contributed by atoms with E-state index in [4.69, 9.17) is 11.6 Å². The van der Waals surface area contributed by atoms with Gasteiger partial charge in [0.1, 0.15) is 0 Å². The van der Waals surface area contributed by atoms with Gasteiger partial charge < -0.3 is 15.5 Å². The quantitative estimate of drug-likeness (QED) is 0.704. The number of anilines is 1. The highest BCUT2D eigenvalue weighted by molar-refractivity contribution is 8.01. The largest absolute Gasteiger partial charge is 0.356 e. The van der Waals surface area contributed by atoms with Crippen molar-refractivity contribution in [3.8, 4) is 0 Å². The number of amides is 2. The molecule has 5 nitrogen and oxygen atoms in total. The summed E-state index contributed by atoms with van der Waals surface area (Å²) in [5.41, 5.74) is 0.721. The van der Waals surface area contributed by atoms with Crippen molar-refractivity contribution in [1.29, 1.82) is 0 Å². The summed E-state index contributed by atoms with van der Waals surface area (Å²) < 4.78 is 0. The first-order chi connectivity index (χ1) is 12.9. The minimum atomic E-state index is -0.400. The lowest BCUT2D eigenvalue weighted by atomic mass is 9.92. The number of likely N-dealkylation sites (tertiary alicyclic amines) is 1. The van der Waals surface area contributed by atoms with Gasteiger partial charge in [0.05, 0.1) is 10.9 Å². The van der Waals surface area contributed by atoms with E-state index in [1.807, 2.05) is 6.07 Å². The molecule has 7 heteroatoms. The predicted octanol–water partition coefficient (Wildman–Crippen LogP) is 3.63. The van der Waals surface area contributed by atoms with E-state index in [9.17, 15) is 9.59 Å². The monoisotopic (exact) mass is 409 g/mol. The molecular weight excluding hydrogens is 382 g/mol. The van der Waals surface area contributed by atoms with Gasteiger partial charge in [-0.15, -0.1) is 11.8 Å². The van der Waals surface area contributed by atoms with Gasteiger partial charge in [0, 0.05) is 36.0 Å². The maximum atomic E-state index is 12.2. The molecule has 0 aliphatic carbocycles. The van der Waals surface area contributed by atoms with E-state index in [-0.39, 0.29) is 18.2 Å². The Kier molecular flexibility index (Phi) is 7.06. The van der Waals surface area contributed by atoms with Gasteiger partial charge in [0.25, 0.3) is 0 Å². The number of nitrogens with one attached hydrogen (secondary N) is 2. The number of halogens is 1. The molecule has 1 saturated heterocycles. The Morgan fingerprint density at radius 3 is 2.81 bits per heavy atom. The number of nitrogens with zero attached hydrogens (tertiary/aromatic N) is 1. The van der Waals surface area contributed by atoms with Crippen LogP contribution in [0, 0.1) is 11.8 Å². The molecule has 2 amide bonds. The van der Waals surface area contributed by atoms with E-state index in [1.165, 1.54) is 18.2 Å². The number of fused-ring (bicyclic) bond motifs is 1. The molecule has 3 unspecified atom stereocenters. The number of carbonyl (C=O) groups excluding carboxylic acids is 2. The van der Waals surface area contributed by atoms with Crippen molar-refractivity contribution < 1.29 is 9.59 Å². The molecule has 3 rings (SSSR count). The van der Waals surface area contributed by atoms with Crippen LogP contribution >= 0.6 is 23.4 Å². The molecule has 2 aliphatic heterocycles. The zero-order chi connectivity index (χ0) is 19.4. The second-order valence-corrected chi connectivity index (χ2v) is 9.53. The highest BCUT2D eigenvalue weighted by Gasteiger charge is 2.29. The van der Waals surface area contributed by atoms with Crippen LogP contribution in [0.15, 0.2) is 23.1 Å². The third kappa shape index (κ3) is 5.87. The molecule has 0 radical (unpaired) electrons. The van der Waals surface area contributed by atoms with Crippen molar-refractivity contribution in [2.75, 3.05) is 31.5 Å². The molecule has 27 heavy (non-hydrogen) atoms. The molecule has 2 heterocycles. The Hall–Kier alpha value is -1.24. The predicted molar refractivity (Wildman–Crippen MR) is 111 cm³/mol. The number of benzene rings is 1. The van der Waals surface area contributed by atoms with Crippen molar-refractivity contribution in [1.82, 2.24) is 10.2 Å². The van der Waals surface area contributed by atoms with E-state index in [0.717, 1.165) is 48.5 Å². The summed E-state index contributed by atoms with van der Waals surface area (Å²) >= 11 is 7.38. The zero-order valence-corrected chi connectivity index (χ0v) is 17.5. The normalized spacial score (nSPS) is 25.6. The van der Waals surface area contributed by atoms with Crippen LogP contribution in [0.25, 0.3) is 0 Å². The van der Waals surface area contributed by atoms with Crippen LogP contribution in [0.2, 0.25) is 5.02 Å². The second-order valence-electron chi connectivity index (χ2n) is 7.85. The summed E-state index contributed by atoms with van der Waals surface area (Å²) in [7, 11) is 0. The van der Waals surface area contributed by atoms with Crippen molar-refractivity contribution in [3.63, 3.8) is 0 Å². The fourth-order valence-electron chi connectivity index (χ4n) is 4.00. The van der Waals surface area contributed by atoms with Crippen LogP contribution in [0.5, 0.6) is 0 Å². The van der Waals surface area contributed by atoms with Gasteiger partial charge in [-0.3, -0.25) is 9.59 Å². The molecule has 3 atom stereocenters. The SMILES string of the molecule is CC1CC(C)CN(CCCNC(=O)CC2Sc3ccc(Cl)cc3NC2=O)C1. The van der Waals surface area contributed by atoms with Crippen LogP contribution in [-0.2, 0) is 9.59 Å². The molecule has 1 aromatic rings. The first-order valence-electron chi connectivity index (χ1n) is 9.67. The van der Waals surface area contributed by atoms with Crippen molar-refractivity contribution >= 4 is 40.9 Å². The molecule has 1 aromatic carbocycles. The number of thioether (sulfide) groups is 1. The van der Waals surface area contributed by atoms with Gasteiger partial charge in [0.2, 0.25) is 11.8 Å². The van der Waals surface area contributed by atoms with Crippen LogP contribution in [0.3, 0.4) is 0 Å². The minimum absolute atomic E-state index is 0.0690. The Labute approximate surface area is 170 Å². The van der Waals surface area contributed by atoms with E-state index < -0.39 is 5.25 Å². The number of carbonyl (C=O) groups is 2. The van der Waals surface area contributed by atoms with Crippen molar-refractivity contribution in [2.24, 2.45) is 11.8 Å². The first kappa shape index (κ1) is 20.5. The molecule has 2 aliphatic rings. The van der Waals surface area contributed by atoms with Gasteiger partial charge >= 0.3 is 0 Å². The van der Waals surface area contributed by atoms with Gasteiger partial charge in [0.15, 0.2) is 0 Å². The summed E-state index contributed by atoms with van der Waals surface area (Å²) in [6.45, 7) is 8.60. The topological polar surface area (TPSA) is 61.4 Å². The van der Waals surface area contributed by atoms with Gasteiger partial charge in [-0.1, -0.05) is 25.4 Å². The first-order valence-corrected chi connectivity index (χ1v) is 10.9. The van der Waals surface area contributed by atoms with Gasteiger partial charge in [-0.05, 0) is 49.4 Å². The highest BCUT2D eigenvalue weighted by atomic mass is 35.5. The van der Waals surface area contributed by atoms with Gasteiger partial charge in [-0.2, -0.15) is 0 Å². The molecular formula is C20H28ClN3O2S. The van der Waals surface area contributed by atoms with E-state index in [2.05, 4.69) is 29.4 Å². The van der Waals surface area contributed by atoms with Crippen LogP contribution in [-0.4, -0.2) is 48.1 Å². The summed E-state index contributed by atoms with van der Waals surface area (Å²) in [6, 6.07) is 5.41. The fraction of sp³-hybridized carbons (Fsp3) is 0.600. The number of hydrogen-bond donors (Lipinski definition) is 2. The maximum Gasteiger partial charge on any atom is 0.238 e. The number of piperidine rings is 1. The molecule has 148 valence electrons. The molecule has 0 aromatic heterocycles. The molecule has 0 spiro atoms. The van der Waals surface area contributed by atoms with Crippen molar-refractivity contribution in [3.05, 3.63) is 23.2 Å². The number of hydrogen-bond acceptors (Lipinski definition) is 4. The Morgan fingerprint density at radius 1 is 1.33 bits per heavy atom. The standard InChI is InChI=1S/C20H28ClN3O2S/c1-13-8-14(2)12-24(11-13)7-3-6-22-19(25)10-18-20(26)23-16-9-15(21)4-5-17(16)27-18/h4-5,9,13-14,18H,3,6-8,10-12H2,1-2H3,(H,22,25)(H,23,26). The minimum Gasteiger partial charge on any atom is -0.356 e. The van der Waals surface area contributed by atoms with Crippen LogP contribution in [0.1, 0.15) is 33.1 Å². The Bertz CT molecular complexity index is 690. The summed E-state index contributed by atoms with van der Waals surface area (Å²) in [6.07, 6.45) is 2.44. The smallest absolute Gasteiger partial charge is 0.238 e. The van der Waals surface area contributed by atoms with E-state index >= 15 is 0 Å². The lowest BCUT2D eigenvalue weighted by Gasteiger charge is -2.34. The van der Waals surface area contributed by atoms with Gasteiger partial charge in [-0.25, -0.2) is 0 Å². The lowest BCUT2D eigenvalue weighted by molar-refractivity contribution is -0.124. The summed E-state index contributed by atoms with van der Waals surface area (Å²) in [5, 5.41) is 6.00. The fourth-order valence-corrected chi connectivity index (χ4v) is 5.27. The van der Waals surface area contributed by atoms with E-state index in [1.54, 1.807) is 12.1 Å². The number of rotatable bonds is 6. The third-order valence-electron chi connectivity index (χ3n) is 5.05. The third-order valence-corrected chi connectivity index (χ3v) is 6.56.